The summed E-state index contributed by atoms with van der Waals surface area (Å²) in [4.78, 5) is 25.0. The predicted molar refractivity (Wildman–Crippen MR) is 115 cm³/mol. The highest BCUT2D eigenvalue weighted by Gasteiger charge is 2.63. The summed E-state index contributed by atoms with van der Waals surface area (Å²) in [7, 11) is 3.95. The van der Waals surface area contributed by atoms with Crippen molar-refractivity contribution in [2.45, 2.75) is 62.2 Å². The maximum Gasteiger partial charge on any atom is 0.338 e. The van der Waals surface area contributed by atoms with E-state index < -0.39 is 47.4 Å². The van der Waals surface area contributed by atoms with Crippen molar-refractivity contribution in [1.82, 2.24) is 0 Å². The molecule has 1 aromatic rings. The number of hydrogen-bond donors (Lipinski definition) is 3. The van der Waals surface area contributed by atoms with Crippen LogP contribution < -0.4 is 0 Å². The highest BCUT2D eigenvalue weighted by molar-refractivity contribution is 5.87. The topological polar surface area (TPSA) is 150 Å². The zero-order valence-electron chi connectivity index (χ0n) is 19.6. The number of fused-ring (bicyclic) bond motifs is 1. The van der Waals surface area contributed by atoms with E-state index >= 15 is 0 Å². The van der Waals surface area contributed by atoms with Crippen LogP contribution in [0.15, 0.2) is 24.3 Å². The van der Waals surface area contributed by atoms with Crippen LogP contribution in [0.1, 0.15) is 32.3 Å². The number of phenols is 2. The average Bonchev–Trinajstić information content (AvgIpc) is 2.80. The molecule has 1 heterocycles. The van der Waals surface area contributed by atoms with Crippen molar-refractivity contribution in [3.05, 3.63) is 29.8 Å². The molecule has 1 saturated carbocycles. The first-order valence-electron chi connectivity index (χ1n) is 10.6. The van der Waals surface area contributed by atoms with E-state index in [2.05, 4.69) is 0 Å². The van der Waals surface area contributed by atoms with Crippen LogP contribution in [0, 0.1) is 0 Å². The molecular weight excluding hydrogens is 452 g/mol. The minimum Gasteiger partial charge on any atom is -0.504 e. The maximum absolute atomic E-state index is 12.6. The van der Waals surface area contributed by atoms with Gasteiger partial charge in [0.05, 0.1) is 13.2 Å². The SMILES string of the molecule is COC(=O)[C@]1(O)C[C@H](OC(=O)/C=C/c2ccc(O)c(O)c2)[C@H]2O[C@](C)(OC)[C@@](C)(OC)O[C@@H]2C1. The molecule has 1 aliphatic heterocycles. The molecule has 0 radical (unpaired) electrons. The number of carbonyl (C=O) groups excluding carboxylic acids is 2. The largest absolute Gasteiger partial charge is 0.504 e. The van der Waals surface area contributed by atoms with Gasteiger partial charge in [-0.05, 0) is 37.6 Å². The Morgan fingerprint density at radius 2 is 1.68 bits per heavy atom. The van der Waals surface area contributed by atoms with Crippen LogP contribution in [0.5, 0.6) is 11.5 Å². The lowest BCUT2D eigenvalue weighted by Gasteiger charge is -2.56. The lowest BCUT2D eigenvalue weighted by Crippen LogP contribution is -2.71. The van der Waals surface area contributed by atoms with Crippen molar-refractivity contribution in [2.24, 2.45) is 0 Å². The number of rotatable bonds is 6. The molecule has 0 amide bonds. The molecule has 3 rings (SSSR count). The van der Waals surface area contributed by atoms with Crippen LogP contribution in [-0.2, 0) is 38.0 Å². The third kappa shape index (κ3) is 4.75. The number of carbonyl (C=O) groups is 2. The second-order valence-electron chi connectivity index (χ2n) is 8.53. The van der Waals surface area contributed by atoms with Crippen LogP contribution in [0.2, 0.25) is 0 Å². The molecule has 3 N–H and O–H groups in total. The van der Waals surface area contributed by atoms with Crippen LogP contribution in [-0.4, -0.2) is 84.1 Å². The van der Waals surface area contributed by atoms with E-state index in [1.165, 1.54) is 38.5 Å². The van der Waals surface area contributed by atoms with Gasteiger partial charge in [0.25, 0.3) is 0 Å². The van der Waals surface area contributed by atoms with Gasteiger partial charge in [-0.25, -0.2) is 9.59 Å². The van der Waals surface area contributed by atoms with Gasteiger partial charge in [-0.3, -0.25) is 0 Å². The van der Waals surface area contributed by atoms with Crippen molar-refractivity contribution >= 4 is 18.0 Å². The van der Waals surface area contributed by atoms with Gasteiger partial charge in [-0.2, -0.15) is 0 Å². The number of ether oxygens (including phenoxy) is 6. The molecule has 1 saturated heterocycles. The number of phenolic OH excluding ortho intramolecular Hbond substituents is 2. The van der Waals surface area contributed by atoms with Gasteiger partial charge in [0.1, 0.15) is 12.2 Å². The maximum atomic E-state index is 12.6. The molecule has 0 spiro atoms. The minimum absolute atomic E-state index is 0.181. The summed E-state index contributed by atoms with van der Waals surface area (Å²) in [6.07, 6.45) is -0.912. The van der Waals surface area contributed by atoms with Gasteiger partial charge in [0.15, 0.2) is 17.1 Å². The van der Waals surface area contributed by atoms with Crippen LogP contribution >= 0.6 is 0 Å². The Bertz CT molecular complexity index is 962. The van der Waals surface area contributed by atoms with E-state index in [0.29, 0.717) is 5.56 Å². The van der Waals surface area contributed by atoms with Crippen molar-refractivity contribution in [3.63, 3.8) is 0 Å². The van der Waals surface area contributed by atoms with Gasteiger partial charge in [-0.1, -0.05) is 6.07 Å². The third-order valence-corrected chi connectivity index (χ3v) is 6.40. The normalized spacial score (nSPS) is 35.5. The van der Waals surface area contributed by atoms with Crippen LogP contribution in [0.25, 0.3) is 6.08 Å². The van der Waals surface area contributed by atoms with Gasteiger partial charge >= 0.3 is 11.9 Å². The van der Waals surface area contributed by atoms with E-state index in [1.54, 1.807) is 13.8 Å². The van der Waals surface area contributed by atoms with E-state index in [1.807, 2.05) is 0 Å². The van der Waals surface area contributed by atoms with Gasteiger partial charge in [0.2, 0.25) is 11.6 Å². The first-order chi connectivity index (χ1) is 15.9. The van der Waals surface area contributed by atoms with Crippen LogP contribution in [0.4, 0.5) is 0 Å². The summed E-state index contributed by atoms with van der Waals surface area (Å²) in [6, 6.07) is 4.02. The quantitative estimate of drug-likeness (QED) is 0.305. The molecule has 0 unspecified atom stereocenters. The van der Waals surface area contributed by atoms with Crippen molar-refractivity contribution in [3.8, 4) is 11.5 Å². The molecule has 0 aromatic heterocycles. The minimum atomic E-state index is -1.99. The van der Waals surface area contributed by atoms with E-state index in [0.717, 1.165) is 13.2 Å². The predicted octanol–water partition coefficient (Wildman–Crippen LogP) is 1.23. The lowest BCUT2D eigenvalue weighted by molar-refractivity contribution is -0.460. The summed E-state index contributed by atoms with van der Waals surface area (Å²) >= 11 is 0. The molecule has 11 nitrogen and oxygen atoms in total. The number of esters is 2. The second-order valence-corrected chi connectivity index (χ2v) is 8.53. The zero-order chi connectivity index (χ0) is 25.3. The Balaban J connectivity index is 1.86. The Labute approximate surface area is 196 Å². The Morgan fingerprint density at radius 3 is 2.26 bits per heavy atom. The summed E-state index contributed by atoms with van der Waals surface area (Å²) in [5.74, 6) is -5.13. The second kappa shape index (κ2) is 9.51. The molecule has 2 fully saturated rings. The monoisotopic (exact) mass is 482 g/mol. The van der Waals surface area contributed by atoms with Crippen molar-refractivity contribution in [1.29, 1.82) is 0 Å². The number of aromatic hydroxyl groups is 2. The van der Waals surface area contributed by atoms with E-state index in [4.69, 9.17) is 28.4 Å². The van der Waals surface area contributed by atoms with Gasteiger partial charge in [-0.15, -0.1) is 0 Å². The molecular formula is C23H30O11. The van der Waals surface area contributed by atoms with Gasteiger partial charge in [0, 0.05) is 33.1 Å². The summed E-state index contributed by atoms with van der Waals surface area (Å²) in [5.41, 5.74) is -1.56. The first-order valence-corrected chi connectivity index (χ1v) is 10.6. The number of aliphatic hydroxyl groups is 1. The van der Waals surface area contributed by atoms with E-state index in [9.17, 15) is 24.9 Å². The smallest absolute Gasteiger partial charge is 0.338 e. The average molecular weight is 482 g/mol. The summed E-state index contributed by atoms with van der Waals surface area (Å²) in [5, 5.41) is 30.0. The summed E-state index contributed by atoms with van der Waals surface area (Å²) in [6.45, 7) is 3.19. The number of methoxy groups -OCH3 is 3. The fourth-order valence-electron chi connectivity index (χ4n) is 4.17. The summed E-state index contributed by atoms with van der Waals surface area (Å²) < 4.78 is 33.5. The molecule has 11 heteroatoms. The standard InChI is InChI=1S/C23H30O11/c1-21(30-4)22(2,31-5)34-19-16(11-23(28,20(27)29-3)12-17(19)33-21)32-18(26)9-7-13-6-8-14(24)15(25)10-13/h6-10,16-17,19,24-25,28H,11-12H2,1-5H3/b9-7+/t16-,17+,19+,21-,22-,23-/m0/s1. The number of benzene rings is 1. The lowest BCUT2D eigenvalue weighted by atomic mass is 9.78. The van der Waals surface area contributed by atoms with Gasteiger partial charge < -0.3 is 43.7 Å². The molecule has 1 aliphatic carbocycles. The Kier molecular flexibility index (Phi) is 7.25. The molecule has 1 aromatic carbocycles. The van der Waals surface area contributed by atoms with Crippen molar-refractivity contribution in [2.75, 3.05) is 21.3 Å². The molecule has 2 aliphatic rings. The molecule has 188 valence electrons. The van der Waals surface area contributed by atoms with Crippen molar-refractivity contribution < 1.29 is 53.3 Å². The fraction of sp³-hybridized carbons (Fsp3) is 0.565. The zero-order valence-corrected chi connectivity index (χ0v) is 19.6. The molecule has 34 heavy (non-hydrogen) atoms. The third-order valence-electron chi connectivity index (χ3n) is 6.40. The highest BCUT2D eigenvalue weighted by Crippen LogP contribution is 2.46. The highest BCUT2D eigenvalue weighted by atomic mass is 16.8. The number of hydrogen-bond acceptors (Lipinski definition) is 11. The molecule has 0 bridgehead atoms. The first kappa shape index (κ1) is 25.9. The Morgan fingerprint density at radius 1 is 1.03 bits per heavy atom. The Hall–Kier alpha value is -2.70. The van der Waals surface area contributed by atoms with E-state index in [-0.39, 0.29) is 24.3 Å². The fourth-order valence-corrected chi connectivity index (χ4v) is 4.17. The molecule has 6 atom stereocenters. The van der Waals surface area contributed by atoms with Crippen LogP contribution in [0.3, 0.4) is 0 Å².